The number of ether oxygens (including phenoxy) is 2. The third-order valence-electron chi connectivity index (χ3n) is 15.1. The van der Waals surface area contributed by atoms with E-state index in [0.717, 1.165) is 77.4 Å². The Morgan fingerprint density at radius 2 is 0.881 bits per heavy atom. The van der Waals surface area contributed by atoms with Gasteiger partial charge in [0.25, 0.3) is 20.2 Å². The summed E-state index contributed by atoms with van der Waals surface area (Å²) in [5.74, 6) is 2.53. The predicted molar refractivity (Wildman–Crippen MR) is 338 cm³/mol. The third-order valence-corrected chi connectivity index (χ3v) is 17.0. The van der Waals surface area contributed by atoms with E-state index in [1.165, 1.54) is 49.3 Å². The first-order chi connectivity index (χ1) is 39.5. The molecule has 4 heterocycles. The number of nitrogens with zero attached hydrogens (tertiary/aromatic N) is 6. The zero-order chi connectivity index (χ0) is 61.4. The molecule has 6 rings (SSSR count). The normalized spacial score (nSPS) is 17.8. The fourth-order valence-corrected chi connectivity index (χ4v) is 13.2. The van der Waals surface area contributed by atoms with Crippen molar-refractivity contribution in [3.63, 3.8) is 0 Å². The van der Waals surface area contributed by atoms with Crippen LogP contribution in [0, 0.1) is 11.8 Å². The molecule has 0 aliphatic carbocycles. The molecule has 0 saturated carbocycles. The SMILES string of the molecule is CCCCC(CC)COCCCNc1nc(Nc2ccc(C=Cc3ccc(Nc4nc(NCCCOCC(CC)CCCC)nc(NC5CC(C)(C)NC(C)(C)C5)n4)cc3S(=O)(=O)O)c(S(=O)(=O)O)c2)nc(NC2CC(C)(C)NC(C)(C)C2)n1. The Morgan fingerprint density at radius 1 is 0.536 bits per heavy atom. The lowest BCUT2D eigenvalue weighted by molar-refractivity contribution is 0.0937. The first kappa shape index (κ1) is 67.8. The summed E-state index contributed by atoms with van der Waals surface area (Å²) in [6, 6.07) is 8.54. The van der Waals surface area contributed by atoms with Gasteiger partial charge in [0, 0.05) is 85.1 Å². The van der Waals surface area contributed by atoms with Crippen LogP contribution in [0.4, 0.5) is 47.1 Å². The molecule has 2 aromatic carbocycles. The second-order valence-corrected chi connectivity index (χ2v) is 28.3. The van der Waals surface area contributed by atoms with Crippen LogP contribution in [0.1, 0.15) is 184 Å². The second kappa shape index (κ2) is 30.3. The molecule has 2 aromatic heterocycles. The van der Waals surface area contributed by atoms with Crippen LogP contribution in [0.3, 0.4) is 0 Å². The molecule has 22 nitrogen and oxygen atoms in total. The number of rotatable bonds is 34. The van der Waals surface area contributed by atoms with Crippen molar-refractivity contribution in [2.24, 2.45) is 11.8 Å². The molecule has 4 aromatic rings. The molecule has 2 atom stereocenters. The molecule has 2 saturated heterocycles. The Labute approximate surface area is 500 Å². The van der Waals surface area contributed by atoms with E-state index < -0.39 is 30.0 Å². The Hall–Kier alpha value is -5.34. The van der Waals surface area contributed by atoms with Crippen molar-refractivity contribution >= 4 is 79.5 Å². The van der Waals surface area contributed by atoms with Crippen LogP contribution in [-0.2, 0) is 29.7 Å². The number of aromatic nitrogens is 6. The highest BCUT2D eigenvalue weighted by atomic mass is 32.2. The fraction of sp³-hybridized carbons (Fsp3) is 0.667. The summed E-state index contributed by atoms with van der Waals surface area (Å²) >= 11 is 0. The molecule has 468 valence electrons. The lowest BCUT2D eigenvalue weighted by atomic mass is 9.79. The number of benzene rings is 2. The van der Waals surface area contributed by atoms with E-state index in [0.29, 0.717) is 74.8 Å². The zero-order valence-corrected chi connectivity index (χ0v) is 53.5. The summed E-state index contributed by atoms with van der Waals surface area (Å²) in [6.07, 6.45) is 16.4. The van der Waals surface area contributed by atoms with Gasteiger partial charge in [-0.1, -0.05) is 90.5 Å². The summed E-state index contributed by atoms with van der Waals surface area (Å²) < 4.78 is 85.5. The van der Waals surface area contributed by atoms with Crippen LogP contribution in [0.15, 0.2) is 46.2 Å². The van der Waals surface area contributed by atoms with E-state index >= 15 is 0 Å². The molecule has 2 unspecified atom stereocenters. The van der Waals surface area contributed by atoms with Crippen molar-refractivity contribution in [1.29, 1.82) is 0 Å². The first-order valence-electron chi connectivity index (χ1n) is 30.3. The average Bonchev–Trinajstić information content (AvgIpc) is 2.33. The van der Waals surface area contributed by atoms with Gasteiger partial charge in [-0.25, -0.2) is 0 Å². The molecule has 0 bridgehead atoms. The molecule has 2 aliphatic heterocycles. The monoisotopic (exact) mass is 1210 g/mol. The van der Waals surface area contributed by atoms with Crippen molar-refractivity contribution in [1.82, 2.24) is 40.5 Å². The van der Waals surface area contributed by atoms with E-state index in [2.05, 4.69) is 136 Å². The number of anilines is 8. The summed E-state index contributed by atoms with van der Waals surface area (Å²) in [7, 11) is -9.74. The molecule has 24 heteroatoms. The van der Waals surface area contributed by atoms with Gasteiger partial charge >= 0.3 is 0 Å². The molecule has 0 amide bonds. The van der Waals surface area contributed by atoms with E-state index in [4.69, 9.17) is 29.4 Å². The van der Waals surface area contributed by atoms with Crippen molar-refractivity contribution in [3.8, 4) is 0 Å². The minimum absolute atomic E-state index is 0.0185. The predicted octanol–water partition coefficient (Wildman–Crippen LogP) is 11.7. The Balaban J connectivity index is 1.22. The van der Waals surface area contributed by atoms with E-state index in [-0.39, 0.29) is 68.6 Å². The first-order valence-corrected chi connectivity index (χ1v) is 33.2. The van der Waals surface area contributed by atoms with Crippen molar-refractivity contribution in [2.75, 3.05) is 71.4 Å². The molecule has 84 heavy (non-hydrogen) atoms. The minimum Gasteiger partial charge on any atom is -0.381 e. The maximum atomic E-state index is 13.1. The van der Waals surface area contributed by atoms with E-state index in [1.54, 1.807) is 12.1 Å². The quantitative estimate of drug-likeness (QED) is 0.0118. The van der Waals surface area contributed by atoms with Gasteiger partial charge < -0.3 is 52.0 Å². The highest BCUT2D eigenvalue weighted by Crippen LogP contribution is 2.34. The largest absolute Gasteiger partial charge is 0.381 e. The molecular weight excluding hydrogens is 1110 g/mol. The molecule has 2 aliphatic rings. The van der Waals surface area contributed by atoms with Crippen LogP contribution in [0.2, 0.25) is 0 Å². The zero-order valence-electron chi connectivity index (χ0n) is 51.9. The van der Waals surface area contributed by atoms with Crippen LogP contribution in [-0.4, -0.2) is 130 Å². The topological polar surface area (TPSA) is 301 Å². The van der Waals surface area contributed by atoms with Crippen molar-refractivity contribution in [3.05, 3.63) is 47.5 Å². The Kier molecular flexibility index (Phi) is 24.5. The van der Waals surface area contributed by atoms with Gasteiger partial charge in [-0.15, -0.1) is 0 Å². The summed E-state index contributed by atoms with van der Waals surface area (Å²) in [4.78, 5) is 27.1. The number of hydrogen-bond donors (Lipinski definition) is 10. The molecule has 0 spiro atoms. The molecule has 2 fully saturated rings. The Bertz CT molecular complexity index is 2790. The standard InChI is InChI=1S/C60H98N14O8S2/c1-13-17-21-41(15-3)39-81-31-19-29-61-51-67-53(71-55(69-51)65-47-35-57(5,6)73-58(7,8)36-47)63-45-27-25-43(49(33-45)83(75,76)77)23-24-44-26-28-46(34-50(44)84(78,79)80)64-54-68-52(62-30-20-32-82-40-42(16-4)22-18-14-2)70-56(72-54)66-48-37-59(9,10)74-60(11,12)38-48/h23-28,33-34,41-42,47-48,73-74H,13-22,29-32,35-40H2,1-12H3,(H,75,76,77)(H,78,79,80)(H3,61,63,65,67,69,71)(H3,62,64,66,68,70,72). The lowest BCUT2D eigenvalue weighted by Crippen LogP contribution is -2.60. The highest BCUT2D eigenvalue weighted by molar-refractivity contribution is 7.86. The van der Waals surface area contributed by atoms with Crippen molar-refractivity contribution in [2.45, 2.75) is 217 Å². The average molecular weight is 1210 g/mol. The minimum atomic E-state index is -4.87. The summed E-state index contributed by atoms with van der Waals surface area (Å²) in [5, 5.41) is 27.2. The lowest BCUT2D eigenvalue weighted by Gasteiger charge is -2.46. The van der Waals surface area contributed by atoms with E-state index in [9.17, 15) is 25.9 Å². The number of nitrogens with one attached hydrogen (secondary N) is 8. The summed E-state index contributed by atoms with van der Waals surface area (Å²) in [5.41, 5.74) is -0.138. The van der Waals surface area contributed by atoms with Gasteiger partial charge in [0.05, 0.1) is 0 Å². The second-order valence-electron chi connectivity index (χ2n) is 25.5. The molecule has 10 N–H and O–H groups in total. The smallest absolute Gasteiger partial charge is 0.295 e. The number of piperidine rings is 2. The number of hydrogen-bond acceptors (Lipinski definition) is 20. The third kappa shape index (κ3) is 22.5. The van der Waals surface area contributed by atoms with Gasteiger partial charge in [0.1, 0.15) is 9.79 Å². The van der Waals surface area contributed by atoms with Crippen LogP contribution < -0.4 is 42.5 Å². The highest BCUT2D eigenvalue weighted by Gasteiger charge is 2.39. The van der Waals surface area contributed by atoms with Gasteiger partial charge in [-0.2, -0.15) is 46.7 Å². The summed E-state index contributed by atoms with van der Waals surface area (Å²) in [6.45, 7) is 29.7. The maximum absolute atomic E-state index is 13.1. The van der Waals surface area contributed by atoms with Crippen LogP contribution in [0.25, 0.3) is 12.2 Å². The van der Waals surface area contributed by atoms with Gasteiger partial charge in [-0.3, -0.25) is 9.11 Å². The maximum Gasteiger partial charge on any atom is 0.295 e. The molecule has 0 radical (unpaired) electrons. The Morgan fingerprint density at radius 3 is 1.21 bits per heavy atom. The van der Waals surface area contributed by atoms with Gasteiger partial charge in [-0.05, 0) is 154 Å². The van der Waals surface area contributed by atoms with E-state index in [1.807, 2.05) is 0 Å². The van der Waals surface area contributed by atoms with Gasteiger partial charge in [0.2, 0.25) is 35.7 Å². The van der Waals surface area contributed by atoms with Crippen LogP contribution in [0.5, 0.6) is 0 Å². The molecular formula is C60H98N14O8S2. The number of unbranched alkanes of at least 4 members (excludes halogenated alkanes) is 2. The van der Waals surface area contributed by atoms with Crippen molar-refractivity contribution < 1.29 is 35.4 Å². The van der Waals surface area contributed by atoms with Gasteiger partial charge in [0.15, 0.2) is 0 Å². The van der Waals surface area contributed by atoms with Crippen LogP contribution >= 0.6 is 0 Å². The fourth-order valence-electron chi connectivity index (χ4n) is 11.8.